The Hall–Kier alpha value is -4.04. The van der Waals surface area contributed by atoms with E-state index in [9.17, 15) is 23.7 Å². The SMILES string of the molecule is COP(=O)(/C=C/[C@H]1O[C@@H](n2cc(C)c(=O)[nH]c2=O)C[C@@H]1O[Si](c1ccccc1)(c1ccccc1)C(C)(C)C)O[C@H]1C[C@H](n2cc(C)c(=O)[nH]c2=O)O[C@@H]1CO[Si](C)(C)C(C)(C)C. The summed E-state index contributed by atoms with van der Waals surface area (Å²) in [4.78, 5) is 55.6. The number of aromatic amines is 2. The van der Waals surface area contributed by atoms with Gasteiger partial charge in [0.05, 0.1) is 12.7 Å². The number of aromatic nitrogens is 4. The molecule has 2 aromatic heterocycles. The second-order valence-electron chi connectivity index (χ2n) is 18.7. The fraction of sp³-hybridized carbons (Fsp3) is 0.500. The quantitative estimate of drug-likeness (QED) is 0.112. The van der Waals surface area contributed by atoms with Crippen molar-refractivity contribution in [1.29, 1.82) is 0 Å². The molecule has 15 nitrogen and oxygen atoms in total. The Bertz CT molecular complexity index is 2490. The molecule has 18 heteroatoms. The van der Waals surface area contributed by atoms with Gasteiger partial charge in [-0.05, 0) is 53.5 Å². The Labute approximate surface area is 364 Å². The molecule has 0 aliphatic carbocycles. The smallest absolute Gasteiger partial charge is 0.354 e. The maximum atomic E-state index is 14.8. The van der Waals surface area contributed by atoms with Gasteiger partial charge in [-0.15, -0.1) is 0 Å². The zero-order valence-electron chi connectivity index (χ0n) is 37.5. The average molecular weight is 909 g/mol. The number of hydrogen-bond acceptors (Lipinski definition) is 11. The second-order valence-corrected chi connectivity index (χ2v) is 29.7. The minimum Gasteiger partial charge on any atom is -0.414 e. The highest BCUT2D eigenvalue weighted by Gasteiger charge is 2.54. The third-order valence-corrected chi connectivity index (χ3v) is 23.5. The van der Waals surface area contributed by atoms with Crippen LogP contribution >= 0.6 is 7.60 Å². The molecule has 0 saturated carbocycles. The summed E-state index contributed by atoms with van der Waals surface area (Å²) in [5.74, 6) is 1.35. The first kappa shape index (κ1) is 47.4. The van der Waals surface area contributed by atoms with E-state index in [1.54, 1.807) is 19.9 Å². The van der Waals surface area contributed by atoms with Crippen molar-refractivity contribution in [2.45, 2.75) is 128 Å². The molecule has 7 atom stereocenters. The van der Waals surface area contributed by atoms with Crippen molar-refractivity contribution in [3.8, 4) is 0 Å². The van der Waals surface area contributed by atoms with Crippen molar-refractivity contribution >= 4 is 34.6 Å². The summed E-state index contributed by atoms with van der Waals surface area (Å²) in [6.07, 6.45) is -0.124. The molecule has 336 valence electrons. The molecule has 2 N–H and O–H groups in total. The van der Waals surface area contributed by atoms with E-state index in [0.717, 1.165) is 10.4 Å². The molecule has 2 aromatic carbocycles. The molecule has 6 rings (SSSR count). The highest BCUT2D eigenvalue weighted by atomic mass is 31.2. The number of hydrogen-bond donors (Lipinski definition) is 2. The summed E-state index contributed by atoms with van der Waals surface area (Å²) in [6.45, 7) is 20.3. The van der Waals surface area contributed by atoms with Crippen LogP contribution in [0.2, 0.25) is 23.2 Å². The molecule has 0 amide bonds. The third kappa shape index (κ3) is 9.86. The maximum Gasteiger partial charge on any atom is 0.354 e. The minimum absolute atomic E-state index is 0.0914. The zero-order valence-corrected chi connectivity index (χ0v) is 40.4. The first-order chi connectivity index (χ1) is 29.0. The fourth-order valence-corrected chi connectivity index (χ4v) is 14.8. The molecule has 1 unspecified atom stereocenters. The lowest BCUT2D eigenvalue weighted by molar-refractivity contribution is -0.0407. The van der Waals surface area contributed by atoms with Gasteiger partial charge in [-0.3, -0.25) is 37.8 Å². The van der Waals surface area contributed by atoms with E-state index < -0.39 is 88.6 Å². The van der Waals surface area contributed by atoms with E-state index in [1.807, 2.05) is 36.4 Å². The van der Waals surface area contributed by atoms with Crippen molar-refractivity contribution in [1.82, 2.24) is 19.1 Å². The Morgan fingerprint density at radius 2 is 1.24 bits per heavy atom. The maximum absolute atomic E-state index is 14.8. The van der Waals surface area contributed by atoms with Gasteiger partial charge in [0.1, 0.15) is 30.8 Å². The lowest BCUT2D eigenvalue weighted by atomic mass is 10.2. The highest BCUT2D eigenvalue weighted by Crippen LogP contribution is 2.54. The average Bonchev–Trinajstić information content (AvgIpc) is 3.80. The number of benzene rings is 2. The van der Waals surface area contributed by atoms with E-state index in [4.69, 9.17) is 27.4 Å². The first-order valence-corrected chi connectivity index (χ1v) is 27.3. The number of ether oxygens (including phenoxy) is 2. The van der Waals surface area contributed by atoms with Crippen LogP contribution < -0.4 is 32.9 Å². The van der Waals surface area contributed by atoms with Crippen LogP contribution in [0, 0.1) is 13.8 Å². The van der Waals surface area contributed by atoms with Crippen LogP contribution in [0.15, 0.2) is 104 Å². The molecular weight excluding hydrogens is 848 g/mol. The Morgan fingerprint density at radius 3 is 1.71 bits per heavy atom. The van der Waals surface area contributed by atoms with Crippen LogP contribution in [-0.2, 0) is 31.9 Å². The monoisotopic (exact) mass is 908 g/mol. The van der Waals surface area contributed by atoms with Gasteiger partial charge in [-0.1, -0.05) is 102 Å². The van der Waals surface area contributed by atoms with Gasteiger partial charge in [0.2, 0.25) is 0 Å². The van der Waals surface area contributed by atoms with Crippen molar-refractivity contribution in [3.05, 3.63) is 138 Å². The first-order valence-electron chi connectivity index (χ1n) is 20.9. The molecule has 4 heterocycles. The van der Waals surface area contributed by atoms with Gasteiger partial charge in [-0.2, -0.15) is 0 Å². The third-order valence-electron chi connectivity index (χ3n) is 12.4. The predicted octanol–water partition coefficient (Wildman–Crippen LogP) is 5.98. The van der Waals surface area contributed by atoms with Crippen molar-refractivity contribution in [2.24, 2.45) is 0 Å². The second kappa shape index (κ2) is 18.2. The summed E-state index contributed by atoms with van der Waals surface area (Å²) in [7, 11) is -8.33. The summed E-state index contributed by atoms with van der Waals surface area (Å²) in [6, 6.07) is 20.2. The largest absolute Gasteiger partial charge is 0.414 e. The van der Waals surface area contributed by atoms with E-state index in [1.165, 1.54) is 34.5 Å². The normalized spacial score (nSPS) is 23.5. The van der Waals surface area contributed by atoms with E-state index >= 15 is 0 Å². The number of nitrogens with zero attached hydrogens (tertiary/aromatic N) is 2. The Kier molecular flexibility index (Phi) is 13.9. The molecule has 0 radical (unpaired) electrons. The lowest BCUT2D eigenvalue weighted by Crippen LogP contribution is -2.68. The van der Waals surface area contributed by atoms with Crippen LogP contribution in [0.5, 0.6) is 0 Å². The summed E-state index contributed by atoms with van der Waals surface area (Å²) < 4.78 is 56.6. The number of aryl methyl sites for hydroxylation is 2. The predicted molar refractivity (Wildman–Crippen MR) is 243 cm³/mol. The molecule has 0 bridgehead atoms. The minimum atomic E-state index is -4.12. The Balaban J connectivity index is 1.38. The lowest BCUT2D eigenvalue weighted by Gasteiger charge is -2.45. The van der Waals surface area contributed by atoms with Crippen LogP contribution in [0.4, 0.5) is 0 Å². The van der Waals surface area contributed by atoms with Crippen LogP contribution in [-0.4, -0.2) is 73.9 Å². The molecule has 2 aliphatic heterocycles. The number of H-pyrrole nitrogens is 2. The van der Waals surface area contributed by atoms with Crippen molar-refractivity contribution in [2.75, 3.05) is 13.7 Å². The van der Waals surface area contributed by atoms with Crippen LogP contribution in [0.25, 0.3) is 0 Å². The highest BCUT2D eigenvalue weighted by molar-refractivity contribution is 7.57. The van der Waals surface area contributed by atoms with Crippen molar-refractivity contribution < 1.29 is 31.9 Å². The topological polar surface area (TPSA) is 182 Å². The van der Waals surface area contributed by atoms with Gasteiger partial charge in [-0.25, -0.2) is 9.59 Å². The summed E-state index contributed by atoms with van der Waals surface area (Å²) >= 11 is 0. The van der Waals surface area contributed by atoms with Crippen LogP contribution in [0.1, 0.15) is 78.0 Å². The van der Waals surface area contributed by atoms with Crippen molar-refractivity contribution in [3.63, 3.8) is 0 Å². The Morgan fingerprint density at radius 1 is 0.758 bits per heavy atom. The number of nitrogens with one attached hydrogen (secondary N) is 2. The van der Waals surface area contributed by atoms with Gasteiger partial charge in [0, 0.05) is 49.3 Å². The van der Waals surface area contributed by atoms with Gasteiger partial charge >= 0.3 is 19.0 Å². The number of rotatable bonds is 14. The standard InChI is InChI=1S/C44H61N4O11PSi2/c1-29-26-47(41(51)45-39(29)49)37-24-34(36(57-37)28-55-61(10,11)43(3,4)5)58-60(53,54-9)23-22-33-35(25-38(56-33)48-27-30(2)40(50)46-42(48)52)59-62(44(6,7)8,31-18-14-12-15-19-31)32-20-16-13-17-21-32/h12-23,26-27,33-38H,24-25,28H2,1-11H3,(H,45,49,51)(H,46,50,52)/b23-22+/t33-,34+,35+,36-,37-,38-,60?/m1/s1. The van der Waals surface area contributed by atoms with Crippen LogP contribution in [0.3, 0.4) is 0 Å². The molecule has 0 spiro atoms. The summed E-state index contributed by atoms with van der Waals surface area (Å²) in [5.41, 5.74) is -1.63. The molecule has 2 fully saturated rings. The van der Waals surface area contributed by atoms with Gasteiger partial charge < -0.3 is 22.8 Å². The molecule has 2 saturated heterocycles. The molecular formula is C44H61N4O11PSi2. The molecule has 62 heavy (non-hydrogen) atoms. The van der Waals surface area contributed by atoms with Gasteiger partial charge in [0.25, 0.3) is 19.4 Å². The fourth-order valence-electron chi connectivity index (χ4n) is 7.80. The summed E-state index contributed by atoms with van der Waals surface area (Å²) in [5, 5.41) is 1.53. The zero-order chi connectivity index (χ0) is 45.4. The van der Waals surface area contributed by atoms with E-state index in [-0.39, 0.29) is 24.5 Å². The molecule has 2 aliphatic rings. The van der Waals surface area contributed by atoms with Gasteiger partial charge in [0.15, 0.2) is 8.32 Å². The van der Waals surface area contributed by atoms with E-state index in [2.05, 4.69) is 88.9 Å². The molecule has 4 aromatic rings. The van der Waals surface area contributed by atoms with E-state index in [0.29, 0.717) is 11.1 Å².